The fraction of sp³-hybridized carbons (Fsp3) is 0.154. The summed E-state index contributed by atoms with van der Waals surface area (Å²) in [7, 11) is 1.60. The number of amidine groups is 1. The Morgan fingerprint density at radius 2 is 2.21 bits per heavy atom. The SMILES string of the molecule is COc1cc(CCl)ccc1N=C(N)c1cccs1.Cl. The average molecular weight is 317 g/mol. The van der Waals surface area contributed by atoms with E-state index in [0.29, 0.717) is 23.2 Å². The van der Waals surface area contributed by atoms with Crippen molar-refractivity contribution < 1.29 is 4.74 Å². The maximum absolute atomic E-state index is 5.94. The van der Waals surface area contributed by atoms with Crippen molar-refractivity contribution >= 4 is 46.9 Å². The van der Waals surface area contributed by atoms with E-state index in [9.17, 15) is 0 Å². The number of ether oxygens (including phenoxy) is 1. The molecule has 2 N–H and O–H groups in total. The van der Waals surface area contributed by atoms with Crippen LogP contribution in [0, 0.1) is 0 Å². The minimum absolute atomic E-state index is 0. The summed E-state index contributed by atoms with van der Waals surface area (Å²) in [5.74, 6) is 1.61. The van der Waals surface area contributed by atoms with Gasteiger partial charge in [-0.3, -0.25) is 0 Å². The topological polar surface area (TPSA) is 47.6 Å². The molecule has 0 amide bonds. The van der Waals surface area contributed by atoms with Crippen LogP contribution in [0.3, 0.4) is 0 Å². The van der Waals surface area contributed by atoms with Crippen molar-refractivity contribution in [1.82, 2.24) is 0 Å². The van der Waals surface area contributed by atoms with E-state index in [4.69, 9.17) is 22.1 Å². The Labute approximate surface area is 127 Å². The molecule has 19 heavy (non-hydrogen) atoms. The van der Waals surface area contributed by atoms with Gasteiger partial charge in [0.2, 0.25) is 0 Å². The van der Waals surface area contributed by atoms with E-state index in [1.54, 1.807) is 18.4 Å². The molecule has 0 saturated carbocycles. The Morgan fingerprint density at radius 1 is 1.42 bits per heavy atom. The molecule has 0 atom stereocenters. The Morgan fingerprint density at radius 3 is 2.79 bits per heavy atom. The molecule has 0 aliphatic rings. The molecule has 3 nitrogen and oxygen atoms in total. The van der Waals surface area contributed by atoms with Crippen LogP contribution in [-0.2, 0) is 5.88 Å². The molecule has 102 valence electrons. The maximum atomic E-state index is 5.94. The molecule has 0 unspecified atom stereocenters. The van der Waals surface area contributed by atoms with Crippen molar-refractivity contribution in [3.8, 4) is 5.75 Å². The lowest BCUT2D eigenvalue weighted by molar-refractivity contribution is 0.416. The number of alkyl halides is 1. The molecule has 1 aromatic heterocycles. The van der Waals surface area contributed by atoms with Gasteiger partial charge in [-0.1, -0.05) is 12.1 Å². The molecule has 0 aliphatic carbocycles. The summed E-state index contributed by atoms with van der Waals surface area (Å²) in [5, 5.41) is 1.96. The van der Waals surface area contributed by atoms with Gasteiger partial charge in [0.1, 0.15) is 17.3 Å². The van der Waals surface area contributed by atoms with Gasteiger partial charge < -0.3 is 10.5 Å². The van der Waals surface area contributed by atoms with Crippen LogP contribution in [0.5, 0.6) is 5.75 Å². The van der Waals surface area contributed by atoms with Crippen molar-refractivity contribution in [1.29, 1.82) is 0 Å². The second kappa shape index (κ2) is 7.38. The van der Waals surface area contributed by atoms with Crippen molar-refractivity contribution in [2.75, 3.05) is 7.11 Å². The summed E-state index contributed by atoms with van der Waals surface area (Å²) in [6, 6.07) is 9.51. The third kappa shape index (κ3) is 3.86. The zero-order valence-corrected chi connectivity index (χ0v) is 12.7. The van der Waals surface area contributed by atoms with Gasteiger partial charge in [0, 0.05) is 5.88 Å². The molecule has 0 saturated heterocycles. The lowest BCUT2D eigenvalue weighted by atomic mass is 10.2. The molecule has 1 heterocycles. The fourth-order valence-corrected chi connectivity index (χ4v) is 2.30. The van der Waals surface area contributed by atoms with Gasteiger partial charge in [0.15, 0.2) is 0 Å². The number of thiophene rings is 1. The molecule has 1 aromatic carbocycles. The number of hydrogen-bond acceptors (Lipinski definition) is 3. The normalized spacial score (nSPS) is 10.9. The van der Waals surface area contributed by atoms with Gasteiger partial charge in [-0.05, 0) is 29.1 Å². The molecule has 2 rings (SSSR count). The first-order valence-corrected chi connectivity index (χ1v) is 6.77. The monoisotopic (exact) mass is 316 g/mol. The number of aliphatic imine (C=N–C) groups is 1. The second-order valence-corrected chi connectivity index (χ2v) is 4.83. The molecule has 2 aromatic rings. The van der Waals surface area contributed by atoms with Gasteiger partial charge in [0.25, 0.3) is 0 Å². The number of nitrogens with two attached hydrogens (primary N) is 1. The minimum atomic E-state index is 0. The number of hydrogen-bond donors (Lipinski definition) is 1. The molecular formula is C13H14Cl2N2OS. The first-order valence-electron chi connectivity index (χ1n) is 5.35. The van der Waals surface area contributed by atoms with Gasteiger partial charge >= 0.3 is 0 Å². The van der Waals surface area contributed by atoms with Gasteiger partial charge in [-0.25, -0.2) is 4.99 Å². The Balaban J connectivity index is 0.00000180. The smallest absolute Gasteiger partial charge is 0.144 e. The predicted octanol–water partition coefficient (Wildman–Crippen LogP) is 3.95. The summed E-state index contributed by atoms with van der Waals surface area (Å²) in [5.41, 5.74) is 7.64. The minimum Gasteiger partial charge on any atom is -0.494 e. The van der Waals surface area contributed by atoms with Crippen LogP contribution in [-0.4, -0.2) is 12.9 Å². The average Bonchev–Trinajstić information content (AvgIpc) is 2.93. The summed E-state index contributed by atoms with van der Waals surface area (Å²) in [6.07, 6.45) is 0. The van der Waals surface area contributed by atoms with Crippen LogP contribution in [0.15, 0.2) is 40.7 Å². The molecular weight excluding hydrogens is 303 g/mol. The number of halogens is 2. The first-order chi connectivity index (χ1) is 8.74. The fourth-order valence-electron chi connectivity index (χ4n) is 1.51. The van der Waals surface area contributed by atoms with Gasteiger partial charge in [-0.15, -0.1) is 35.3 Å². The Kier molecular flexibility index (Phi) is 6.15. The number of nitrogens with zero attached hydrogens (tertiary/aromatic N) is 1. The lowest BCUT2D eigenvalue weighted by Gasteiger charge is -2.06. The zero-order chi connectivity index (χ0) is 13.0. The Hall–Kier alpha value is -1.23. The standard InChI is InChI=1S/C13H13ClN2OS.ClH/c1-17-11-7-9(8-14)4-5-10(11)16-13(15)12-3-2-6-18-12;/h2-7H,8H2,1H3,(H2,15,16);1H. The predicted molar refractivity (Wildman–Crippen MR) is 84.5 cm³/mol. The van der Waals surface area contributed by atoms with E-state index in [-0.39, 0.29) is 12.4 Å². The molecule has 6 heteroatoms. The van der Waals surface area contributed by atoms with Crippen LogP contribution in [0.2, 0.25) is 0 Å². The molecule has 0 aliphatic heterocycles. The Bertz CT molecular complexity index is 556. The number of benzene rings is 1. The zero-order valence-electron chi connectivity index (χ0n) is 10.3. The van der Waals surface area contributed by atoms with E-state index in [1.165, 1.54) is 0 Å². The van der Waals surface area contributed by atoms with E-state index < -0.39 is 0 Å². The quantitative estimate of drug-likeness (QED) is 0.527. The van der Waals surface area contributed by atoms with E-state index in [1.807, 2.05) is 35.7 Å². The van der Waals surface area contributed by atoms with Crippen LogP contribution >= 0.6 is 35.3 Å². The third-order valence-electron chi connectivity index (χ3n) is 2.41. The van der Waals surface area contributed by atoms with Gasteiger partial charge in [-0.2, -0.15) is 0 Å². The highest BCUT2D eigenvalue weighted by Gasteiger charge is 2.05. The van der Waals surface area contributed by atoms with Crippen molar-refractivity contribution in [2.45, 2.75) is 5.88 Å². The lowest BCUT2D eigenvalue weighted by Crippen LogP contribution is -2.10. The molecule has 0 spiro atoms. The van der Waals surface area contributed by atoms with Crippen LogP contribution < -0.4 is 10.5 Å². The van der Waals surface area contributed by atoms with Crippen LogP contribution in [0.4, 0.5) is 5.69 Å². The second-order valence-electron chi connectivity index (χ2n) is 3.61. The van der Waals surface area contributed by atoms with Crippen molar-refractivity contribution in [3.05, 3.63) is 46.2 Å². The van der Waals surface area contributed by atoms with E-state index in [2.05, 4.69) is 4.99 Å². The summed E-state index contributed by atoms with van der Waals surface area (Å²) in [6.45, 7) is 0. The van der Waals surface area contributed by atoms with Gasteiger partial charge in [0.05, 0.1) is 12.0 Å². The highest BCUT2D eigenvalue weighted by atomic mass is 35.5. The van der Waals surface area contributed by atoms with Crippen molar-refractivity contribution in [3.63, 3.8) is 0 Å². The van der Waals surface area contributed by atoms with Crippen molar-refractivity contribution in [2.24, 2.45) is 10.7 Å². The molecule has 0 radical (unpaired) electrons. The summed E-state index contributed by atoms with van der Waals surface area (Å²) in [4.78, 5) is 5.33. The highest BCUT2D eigenvalue weighted by Crippen LogP contribution is 2.29. The highest BCUT2D eigenvalue weighted by molar-refractivity contribution is 7.12. The van der Waals surface area contributed by atoms with Crippen LogP contribution in [0.25, 0.3) is 0 Å². The van der Waals surface area contributed by atoms with Crippen LogP contribution in [0.1, 0.15) is 10.4 Å². The number of methoxy groups -OCH3 is 1. The number of rotatable bonds is 4. The molecule has 0 bridgehead atoms. The first kappa shape index (κ1) is 15.8. The maximum Gasteiger partial charge on any atom is 0.144 e. The molecule has 0 fully saturated rings. The summed E-state index contributed by atoms with van der Waals surface area (Å²) >= 11 is 7.33. The largest absolute Gasteiger partial charge is 0.494 e. The van der Waals surface area contributed by atoms with E-state index in [0.717, 1.165) is 10.4 Å². The third-order valence-corrected chi connectivity index (χ3v) is 3.61. The summed E-state index contributed by atoms with van der Waals surface area (Å²) < 4.78 is 5.29. The van der Waals surface area contributed by atoms with E-state index >= 15 is 0 Å².